The molecule has 0 amide bonds. The summed E-state index contributed by atoms with van der Waals surface area (Å²) in [5.74, 6) is 0.373. The van der Waals surface area contributed by atoms with Crippen molar-refractivity contribution in [3.05, 3.63) is 40.2 Å². The summed E-state index contributed by atoms with van der Waals surface area (Å²) in [7, 11) is 0. The van der Waals surface area contributed by atoms with Crippen molar-refractivity contribution in [2.45, 2.75) is 34.7 Å². The average Bonchev–Trinajstić information content (AvgIpc) is 2.47. The van der Waals surface area contributed by atoms with Gasteiger partial charge in [0.15, 0.2) is 0 Å². The molecule has 0 radical (unpaired) electrons. The van der Waals surface area contributed by atoms with E-state index >= 15 is 0 Å². The quantitative estimate of drug-likeness (QED) is 0.711. The van der Waals surface area contributed by atoms with Gasteiger partial charge in [0.25, 0.3) is 0 Å². The number of aryl methyl sites for hydroxylation is 1. The zero-order valence-electron chi connectivity index (χ0n) is 11.8. The van der Waals surface area contributed by atoms with E-state index in [1.165, 1.54) is 29.6 Å². The number of rotatable bonds is 2. The van der Waals surface area contributed by atoms with Crippen molar-refractivity contribution in [1.29, 1.82) is 0 Å². The monoisotopic (exact) mass is 340 g/mol. The predicted molar refractivity (Wildman–Crippen MR) is 87.3 cm³/mol. The van der Waals surface area contributed by atoms with Crippen LogP contribution in [0, 0.1) is 6.92 Å². The van der Waals surface area contributed by atoms with E-state index in [2.05, 4.69) is 0 Å². The molecule has 0 saturated carbocycles. The minimum absolute atomic E-state index is 0.285. The zero-order chi connectivity index (χ0) is 15.9. The summed E-state index contributed by atoms with van der Waals surface area (Å²) in [6, 6.07) is 6.98. The van der Waals surface area contributed by atoms with Gasteiger partial charge in [0.1, 0.15) is 17.8 Å². The van der Waals surface area contributed by atoms with Crippen molar-refractivity contribution >= 4 is 34.5 Å². The zero-order valence-corrected chi connectivity index (χ0v) is 13.4. The van der Waals surface area contributed by atoms with E-state index < -0.39 is 23.9 Å². The third-order valence-corrected chi connectivity index (χ3v) is 6.50. The molecule has 0 aliphatic carbocycles. The third-order valence-electron chi connectivity index (χ3n) is 3.63. The summed E-state index contributed by atoms with van der Waals surface area (Å²) >= 11 is 2.79. The summed E-state index contributed by atoms with van der Waals surface area (Å²) in [6.45, 7) is 1.85. The molecule has 22 heavy (non-hydrogen) atoms. The highest BCUT2D eigenvalue weighted by atomic mass is 32.2. The molecule has 1 aliphatic heterocycles. The van der Waals surface area contributed by atoms with E-state index in [9.17, 15) is 20.1 Å². The van der Waals surface area contributed by atoms with Crippen molar-refractivity contribution < 1.29 is 19.7 Å². The van der Waals surface area contributed by atoms with Crippen LogP contribution in [0.15, 0.2) is 38.4 Å². The molecular weight excluding hydrogens is 324 g/mol. The molecule has 0 unspecified atom stereocenters. The van der Waals surface area contributed by atoms with Gasteiger partial charge in [0.05, 0.1) is 10.7 Å². The average molecular weight is 340 g/mol. The first-order chi connectivity index (χ1) is 10.5. The highest BCUT2D eigenvalue weighted by Gasteiger charge is 2.37. The maximum Gasteiger partial charge on any atom is 0.336 e. The molecule has 0 spiro atoms. The lowest BCUT2D eigenvalue weighted by molar-refractivity contribution is -0.0474. The summed E-state index contributed by atoms with van der Waals surface area (Å²) < 4.78 is 4.92. The Hall–Kier alpha value is -0.990. The fraction of sp³-hybridized carbons (Fsp3) is 0.400. The third kappa shape index (κ3) is 3.04. The van der Waals surface area contributed by atoms with Crippen LogP contribution in [-0.2, 0) is 0 Å². The van der Waals surface area contributed by atoms with Crippen LogP contribution in [0.1, 0.15) is 5.56 Å². The molecule has 2 heterocycles. The van der Waals surface area contributed by atoms with E-state index in [1.54, 1.807) is 6.07 Å². The Morgan fingerprint density at radius 3 is 2.77 bits per heavy atom. The van der Waals surface area contributed by atoms with Crippen LogP contribution >= 0.6 is 23.5 Å². The largest absolute Gasteiger partial charge is 0.423 e. The molecule has 3 N–H and O–H groups in total. The number of aliphatic hydroxyl groups is 3. The van der Waals surface area contributed by atoms with Crippen LogP contribution in [0.25, 0.3) is 11.0 Å². The van der Waals surface area contributed by atoms with Crippen LogP contribution in [0.2, 0.25) is 0 Å². The van der Waals surface area contributed by atoms with E-state index in [0.29, 0.717) is 11.3 Å². The van der Waals surface area contributed by atoms with E-state index in [1.807, 2.05) is 19.1 Å². The second kappa shape index (κ2) is 6.25. The number of fused-ring (bicyclic) bond motifs is 1. The minimum atomic E-state index is -1.14. The normalized spacial score (nSPS) is 28.9. The molecule has 5 nitrogen and oxygen atoms in total. The minimum Gasteiger partial charge on any atom is -0.423 e. The smallest absolute Gasteiger partial charge is 0.336 e. The van der Waals surface area contributed by atoms with Gasteiger partial charge >= 0.3 is 5.63 Å². The lowest BCUT2D eigenvalue weighted by Crippen LogP contribution is -2.47. The van der Waals surface area contributed by atoms with Gasteiger partial charge in [-0.1, -0.05) is 0 Å². The molecular formula is C15H16O5S2. The second-order valence-electron chi connectivity index (χ2n) is 5.27. The number of benzene rings is 1. The molecule has 2 aromatic rings. The van der Waals surface area contributed by atoms with Gasteiger partial charge < -0.3 is 19.7 Å². The fourth-order valence-electron chi connectivity index (χ4n) is 2.40. The summed E-state index contributed by atoms with van der Waals surface area (Å²) in [5.41, 5.74) is 0.970. The van der Waals surface area contributed by atoms with Crippen molar-refractivity contribution in [1.82, 2.24) is 0 Å². The molecule has 1 saturated heterocycles. The van der Waals surface area contributed by atoms with Crippen LogP contribution in [0.5, 0.6) is 0 Å². The van der Waals surface area contributed by atoms with Crippen LogP contribution in [0.4, 0.5) is 0 Å². The standard InChI is InChI=1S/C15H16O5S2/c1-7-4-12(17)20-11-5-8(2-3-9(7)11)22-15-14(19)13(18)10(16)6-21-15/h2-5,10,13-16,18-19H,6H2,1H3/t10-,13+,14-,15+/m1/s1. The van der Waals surface area contributed by atoms with Crippen molar-refractivity contribution in [3.63, 3.8) is 0 Å². The maximum absolute atomic E-state index is 11.5. The fourth-order valence-corrected chi connectivity index (χ4v) is 5.07. The number of hydrogen-bond donors (Lipinski definition) is 3. The highest BCUT2D eigenvalue weighted by Crippen LogP contribution is 2.39. The van der Waals surface area contributed by atoms with Crippen molar-refractivity contribution in [3.8, 4) is 0 Å². The summed E-state index contributed by atoms with van der Waals surface area (Å²) in [5, 5.41) is 30.2. The van der Waals surface area contributed by atoms with Crippen LogP contribution in [-0.4, -0.2) is 44.0 Å². The molecule has 1 aromatic carbocycles. The molecule has 7 heteroatoms. The molecule has 3 rings (SSSR count). The Morgan fingerprint density at radius 1 is 1.23 bits per heavy atom. The molecule has 1 aliphatic rings. The van der Waals surface area contributed by atoms with Crippen molar-refractivity contribution in [2.24, 2.45) is 0 Å². The Kier molecular flexibility index (Phi) is 4.52. The summed E-state index contributed by atoms with van der Waals surface area (Å²) in [4.78, 5) is 12.3. The number of hydrogen-bond acceptors (Lipinski definition) is 7. The molecule has 1 fully saturated rings. The molecule has 4 atom stereocenters. The van der Waals surface area contributed by atoms with E-state index in [-0.39, 0.29) is 4.58 Å². The first kappa shape index (κ1) is 15.9. The first-order valence-corrected chi connectivity index (χ1v) is 8.75. The van der Waals surface area contributed by atoms with Crippen LogP contribution in [0.3, 0.4) is 0 Å². The van der Waals surface area contributed by atoms with Gasteiger partial charge in [-0.15, -0.1) is 23.5 Å². The lowest BCUT2D eigenvalue weighted by atomic mass is 10.1. The first-order valence-electron chi connectivity index (χ1n) is 6.82. The lowest BCUT2D eigenvalue weighted by Gasteiger charge is -2.34. The maximum atomic E-state index is 11.5. The summed E-state index contributed by atoms with van der Waals surface area (Å²) in [6.07, 6.45) is -3.06. The topological polar surface area (TPSA) is 90.9 Å². The van der Waals surface area contributed by atoms with Gasteiger partial charge in [-0.2, -0.15) is 0 Å². The van der Waals surface area contributed by atoms with Crippen LogP contribution < -0.4 is 5.63 Å². The van der Waals surface area contributed by atoms with Gasteiger partial charge in [-0.3, -0.25) is 0 Å². The Morgan fingerprint density at radius 2 is 2.00 bits per heavy atom. The Balaban J connectivity index is 1.87. The van der Waals surface area contributed by atoms with Gasteiger partial charge in [-0.25, -0.2) is 4.79 Å². The molecule has 1 aromatic heterocycles. The Labute approximate surface area is 135 Å². The highest BCUT2D eigenvalue weighted by molar-refractivity contribution is 8.17. The second-order valence-corrected chi connectivity index (χ2v) is 7.96. The SMILES string of the molecule is Cc1cc(=O)oc2cc(S[C@@H]3SC[C@@H](O)[C@H](O)[C@H]3O)ccc12. The van der Waals surface area contributed by atoms with Gasteiger partial charge in [0.2, 0.25) is 0 Å². The number of aliphatic hydroxyl groups excluding tert-OH is 3. The number of thioether (sulfide) groups is 2. The van der Waals surface area contributed by atoms with Gasteiger partial charge in [-0.05, 0) is 30.7 Å². The molecule has 118 valence electrons. The van der Waals surface area contributed by atoms with E-state index in [0.717, 1.165) is 15.8 Å². The Bertz CT molecular complexity index is 744. The van der Waals surface area contributed by atoms with E-state index in [4.69, 9.17) is 4.42 Å². The molecule has 0 bridgehead atoms. The van der Waals surface area contributed by atoms with Gasteiger partial charge in [0, 0.05) is 22.1 Å². The van der Waals surface area contributed by atoms with Crippen molar-refractivity contribution in [2.75, 3.05) is 5.75 Å². The predicted octanol–water partition coefficient (Wildman–Crippen LogP) is 1.35.